The van der Waals surface area contributed by atoms with Crippen LogP contribution >= 0.6 is 0 Å². The Kier molecular flexibility index (Phi) is 15.6. The van der Waals surface area contributed by atoms with Gasteiger partial charge in [0, 0.05) is 0 Å². The van der Waals surface area contributed by atoms with Crippen molar-refractivity contribution in [2.75, 3.05) is 13.2 Å². The van der Waals surface area contributed by atoms with Gasteiger partial charge in [0.15, 0.2) is 5.60 Å². The van der Waals surface area contributed by atoms with E-state index < -0.39 is 17.2 Å². The molecule has 6 heteroatoms. The number of unbranched alkanes of at least 4 members (excludes halogenated alkanes) is 2. The smallest absolute Gasteiger partial charge is 0.339 e. The fourth-order valence-corrected chi connectivity index (χ4v) is 3.11. The summed E-state index contributed by atoms with van der Waals surface area (Å²) in [6.45, 7) is 15.0. The Bertz CT molecular complexity index is 439. The Hall–Kier alpha value is -0.690. The van der Waals surface area contributed by atoms with E-state index in [1.54, 1.807) is 6.92 Å². The molecule has 0 radical (unpaired) electrons. The predicted octanol–water partition coefficient (Wildman–Crippen LogP) is 6.72. The molecular formula is C24H48O6. The van der Waals surface area contributed by atoms with Crippen LogP contribution in [0.1, 0.15) is 113 Å². The molecule has 30 heavy (non-hydrogen) atoms. The van der Waals surface area contributed by atoms with Crippen molar-refractivity contribution in [1.29, 1.82) is 0 Å². The van der Waals surface area contributed by atoms with Gasteiger partial charge in [0.2, 0.25) is 0 Å². The van der Waals surface area contributed by atoms with Crippen LogP contribution in [0.5, 0.6) is 0 Å². The first-order chi connectivity index (χ1) is 14.1. The maximum absolute atomic E-state index is 11.8. The summed E-state index contributed by atoms with van der Waals surface area (Å²) in [5.41, 5.74) is -2.03. The summed E-state index contributed by atoms with van der Waals surface area (Å²) >= 11 is 0. The minimum Gasteiger partial charge on any atom is -0.479 e. The van der Waals surface area contributed by atoms with Crippen LogP contribution < -0.4 is 0 Å². The number of carboxylic acids is 1. The zero-order valence-electron chi connectivity index (χ0n) is 20.6. The molecule has 6 nitrogen and oxygen atoms in total. The number of aliphatic carboxylic acids is 1. The Morgan fingerprint density at radius 1 is 0.800 bits per heavy atom. The van der Waals surface area contributed by atoms with Crippen LogP contribution in [0, 0.1) is 11.8 Å². The van der Waals surface area contributed by atoms with Crippen molar-refractivity contribution in [3.05, 3.63) is 0 Å². The van der Waals surface area contributed by atoms with Gasteiger partial charge in [0.1, 0.15) is 0 Å². The molecular weight excluding hydrogens is 384 g/mol. The lowest BCUT2D eigenvalue weighted by molar-refractivity contribution is -0.372. The standard InChI is InChI=1S/C24H48O6/c1-8-12-14-20(10-3)18-27-29-23(5,6)16-17-24(7,22(25)26)30-28-19-21(11-4)15-13-9-2/h20-21H,8-19H2,1-7H3,(H,25,26). The lowest BCUT2D eigenvalue weighted by Gasteiger charge is -2.30. The molecule has 0 amide bonds. The van der Waals surface area contributed by atoms with Crippen LogP contribution in [0.25, 0.3) is 0 Å². The third-order valence-corrected chi connectivity index (χ3v) is 5.88. The average molecular weight is 433 g/mol. The maximum Gasteiger partial charge on any atom is 0.339 e. The quantitative estimate of drug-likeness (QED) is 0.170. The van der Waals surface area contributed by atoms with E-state index in [4.69, 9.17) is 19.6 Å². The van der Waals surface area contributed by atoms with Gasteiger partial charge in [-0.2, -0.15) is 0 Å². The molecule has 0 aromatic carbocycles. The highest BCUT2D eigenvalue weighted by Gasteiger charge is 2.38. The first kappa shape index (κ1) is 29.3. The largest absolute Gasteiger partial charge is 0.479 e. The number of rotatable bonds is 20. The van der Waals surface area contributed by atoms with Crippen LogP contribution in [0.15, 0.2) is 0 Å². The Morgan fingerprint density at radius 3 is 1.67 bits per heavy atom. The molecule has 0 saturated heterocycles. The third-order valence-electron chi connectivity index (χ3n) is 5.88. The first-order valence-electron chi connectivity index (χ1n) is 12.0. The van der Waals surface area contributed by atoms with Crippen molar-refractivity contribution in [3.63, 3.8) is 0 Å². The lowest BCUT2D eigenvalue weighted by atomic mass is 9.93. The number of carboxylic acid groups (broad SMARTS) is 1. The average Bonchev–Trinajstić information content (AvgIpc) is 2.71. The van der Waals surface area contributed by atoms with E-state index in [0.29, 0.717) is 31.5 Å². The molecule has 180 valence electrons. The van der Waals surface area contributed by atoms with E-state index in [2.05, 4.69) is 27.7 Å². The highest BCUT2D eigenvalue weighted by Crippen LogP contribution is 2.27. The molecule has 0 fully saturated rings. The summed E-state index contributed by atoms with van der Waals surface area (Å²) in [5, 5.41) is 9.68. The van der Waals surface area contributed by atoms with Crippen molar-refractivity contribution < 1.29 is 29.5 Å². The Labute approximate surface area is 184 Å². The molecule has 0 heterocycles. The summed E-state index contributed by atoms with van der Waals surface area (Å²) in [4.78, 5) is 33.8. The number of carbonyl (C=O) groups is 1. The summed E-state index contributed by atoms with van der Waals surface area (Å²) in [7, 11) is 0. The van der Waals surface area contributed by atoms with Crippen molar-refractivity contribution in [2.24, 2.45) is 11.8 Å². The Morgan fingerprint density at radius 2 is 1.27 bits per heavy atom. The van der Waals surface area contributed by atoms with Crippen LogP contribution in [-0.2, 0) is 24.3 Å². The molecule has 0 rings (SSSR count). The molecule has 3 unspecified atom stereocenters. The summed E-state index contributed by atoms with van der Waals surface area (Å²) in [5.74, 6) is -0.164. The third kappa shape index (κ3) is 12.9. The zero-order valence-corrected chi connectivity index (χ0v) is 20.6. The van der Waals surface area contributed by atoms with Gasteiger partial charge in [0.05, 0.1) is 18.8 Å². The monoisotopic (exact) mass is 432 g/mol. The fourth-order valence-electron chi connectivity index (χ4n) is 3.11. The fraction of sp³-hybridized carbons (Fsp3) is 0.958. The number of hydrogen-bond donors (Lipinski definition) is 1. The molecule has 0 saturated carbocycles. The van der Waals surface area contributed by atoms with Gasteiger partial charge in [-0.05, 0) is 58.3 Å². The topological polar surface area (TPSA) is 74.2 Å². The second-order valence-corrected chi connectivity index (χ2v) is 9.36. The van der Waals surface area contributed by atoms with E-state index in [9.17, 15) is 9.90 Å². The maximum atomic E-state index is 11.8. The van der Waals surface area contributed by atoms with Crippen LogP contribution in [0.4, 0.5) is 0 Å². The lowest BCUT2D eigenvalue weighted by Crippen LogP contribution is -2.41. The van der Waals surface area contributed by atoms with Crippen LogP contribution in [0.3, 0.4) is 0 Å². The molecule has 0 aromatic rings. The summed E-state index contributed by atoms with van der Waals surface area (Å²) in [6, 6.07) is 0. The SMILES string of the molecule is CCCCC(CC)COOC(C)(C)CCC(C)(OOCC(CC)CCCC)C(=O)O. The normalized spacial score (nSPS) is 16.2. The molecule has 0 aliphatic rings. The molecule has 0 aromatic heterocycles. The number of hydrogen-bond acceptors (Lipinski definition) is 5. The van der Waals surface area contributed by atoms with Crippen LogP contribution in [-0.4, -0.2) is 35.5 Å². The van der Waals surface area contributed by atoms with E-state index in [1.807, 2.05) is 13.8 Å². The first-order valence-corrected chi connectivity index (χ1v) is 12.0. The van der Waals surface area contributed by atoms with E-state index in [1.165, 1.54) is 12.8 Å². The molecule has 0 aliphatic heterocycles. The zero-order chi connectivity index (χ0) is 23.0. The molecule has 3 atom stereocenters. The van der Waals surface area contributed by atoms with Gasteiger partial charge in [0.25, 0.3) is 0 Å². The van der Waals surface area contributed by atoms with Crippen molar-refractivity contribution >= 4 is 5.97 Å². The van der Waals surface area contributed by atoms with Crippen molar-refractivity contribution in [2.45, 2.75) is 124 Å². The molecule has 1 N–H and O–H groups in total. The van der Waals surface area contributed by atoms with Crippen LogP contribution in [0.2, 0.25) is 0 Å². The highest BCUT2D eigenvalue weighted by atomic mass is 17.2. The highest BCUT2D eigenvalue weighted by molar-refractivity contribution is 5.76. The predicted molar refractivity (Wildman–Crippen MR) is 120 cm³/mol. The molecule has 0 spiro atoms. The van der Waals surface area contributed by atoms with Gasteiger partial charge in [-0.3, -0.25) is 0 Å². The minimum absolute atomic E-state index is 0.261. The van der Waals surface area contributed by atoms with Crippen molar-refractivity contribution in [1.82, 2.24) is 0 Å². The van der Waals surface area contributed by atoms with Gasteiger partial charge in [-0.25, -0.2) is 24.3 Å². The van der Waals surface area contributed by atoms with Gasteiger partial charge >= 0.3 is 5.97 Å². The molecule has 0 bridgehead atoms. The second kappa shape index (κ2) is 16.0. The van der Waals surface area contributed by atoms with Gasteiger partial charge < -0.3 is 5.11 Å². The van der Waals surface area contributed by atoms with E-state index in [-0.39, 0.29) is 6.42 Å². The summed E-state index contributed by atoms with van der Waals surface area (Å²) < 4.78 is 0. The van der Waals surface area contributed by atoms with Crippen molar-refractivity contribution in [3.8, 4) is 0 Å². The van der Waals surface area contributed by atoms with E-state index >= 15 is 0 Å². The minimum atomic E-state index is -1.42. The molecule has 0 aliphatic carbocycles. The van der Waals surface area contributed by atoms with Gasteiger partial charge in [-0.15, -0.1) is 0 Å². The second-order valence-electron chi connectivity index (χ2n) is 9.36. The Balaban J connectivity index is 4.51. The summed E-state index contributed by atoms with van der Waals surface area (Å²) in [6.07, 6.45) is 9.62. The van der Waals surface area contributed by atoms with Gasteiger partial charge in [-0.1, -0.05) is 66.2 Å². The van der Waals surface area contributed by atoms with E-state index in [0.717, 1.165) is 38.5 Å².